The van der Waals surface area contributed by atoms with E-state index in [2.05, 4.69) is 25.6 Å². The third-order valence-electron chi connectivity index (χ3n) is 6.95. The highest BCUT2D eigenvalue weighted by Crippen LogP contribution is 2.37. The highest BCUT2D eigenvalue weighted by Gasteiger charge is 2.22. The molecule has 2 aromatic rings. The Morgan fingerprint density at radius 1 is 0.892 bits per heavy atom. The summed E-state index contributed by atoms with van der Waals surface area (Å²) in [7, 11) is -3.58. The van der Waals surface area contributed by atoms with Crippen LogP contribution in [0.4, 0.5) is 0 Å². The molecule has 1 aliphatic rings. The standard InChI is InChI=1S/C30H40O6S/c1-3-9-24-10-12-25(13-11-24)26-14-20-29(21-15-26)36-30(31)27-16-18-28(19-17-27)34-22-7-5-6-8-23-35-37(32,33)4-2/h4,14-21,24-25H,2-3,5-13,22-23H2,1H3. The Morgan fingerprint density at radius 3 is 2.14 bits per heavy atom. The number of rotatable bonds is 15. The third kappa shape index (κ3) is 9.97. The monoisotopic (exact) mass is 528 g/mol. The molecule has 37 heavy (non-hydrogen) atoms. The Balaban J connectivity index is 1.34. The fraction of sp³-hybridized carbons (Fsp3) is 0.500. The molecule has 0 amide bonds. The summed E-state index contributed by atoms with van der Waals surface area (Å²) in [5.41, 5.74) is 1.81. The summed E-state index contributed by atoms with van der Waals surface area (Å²) in [6.07, 6.45) is 11.0. The Bertz CT molecular complexity index is 1070. The van der Waals surface area contributed by atoms with Gasteiger partial charge in [-0.05, 0) is 98.7 Å². The molecule has 1 saturated carbocycles. The molecule has 0 aliphatic heterocycles. The maximum atomic E-state index is 12.6. The highest BCUT2D eigenvalue weighted by atomic mass is 32.2. The van der Waals surface area contributed by atoms with Crippen LogP contribution in [0.15, 0.2) is 60.5 Å². The van der Waals surface area contributed by atoms with E-state index in [1.165, 1.54) is 44.1 Å². The van der Waals surface area contributed by atoms with Gasteiger partial charge >= 0.3 is 5.97 Å². The molecule has 0 atom stereocenters. The van der Waals surface area contributed by atoms with E-state index in [1.54, 1.807) is 24.3 Å². The number of carbonyl (C=O) groups excluding carboxylic acids is 1. The Labute approximate surface area is 222 Å². The van der Waals surface area contributed by atoms with Crippen LogP contribution in [0.25, 0.3) is 0 Å². The zero-order valence-electron chi connectivity index (χ0n) is 21.9. The van der Waals surface area contributed by atoms with Gasteiger partial charge in [0.2, 0.25) is 0 Å². The van der Waals surface area contributed by atoms with Crippen molar-refractivity contribution in [1.82, 2.24) is 0 Å². The summed E-state index contributed by atoms with van der Waals surface area (Å²) in [5, 5.41) is 0.808. The molecular weight excluding hydrogens is 488 g/mol. The summed E-state index contributed by atoms with van der Waals surface area (Å²) >= 11 is 0. The van der Waals surface area contributed by atoms with Crippen molar-refractivity contribution in [3.8, 4) is 11.5 Å². The maximum absolute atomic E-state index is 12.6. The van der Waals surface area contributed by atoms with E-state index in [-0.39, 0.29) is 12.6 Å². The van der Waals surface area contributed by atoms with Gasteiger partial charge in [0.15, 0.2) is 0 Å². The number of hydrogen-bond donors (Lipinski definition) is 0. The van der Waals surface area contributed by atoms with E-state index in [4.69, 9.17) is 13.7 Å². The molecule has 7 heteroatoms. The van der Waals surface area contributed by atoms with E-state index in [0.717, 1.165) is 30.6 Å². The van der Waals surface area contributed by atoms with Crippen molar-refractivity contribution >= 4 is 16.1 Å². The van der Waals surface area contributed by atoms with E-state index >= 15 is 0 Å². The van der Waals surface area contributed by atoms with Crippen LogP contribution in [0.2, 0.25) is 0 Å². The van der Waals surface area contributed by atoms with Gasteiger partial charge in [0, 0.05) is 0 Å². The lowest BCUT2D eigenvalue weighted by Crippen LogP contribution is -2.13. The fourth-order valence-corrected chi connectivity index (χ4v) is 5.27. The fourth-order valence-electron chi connectivity index (χ4n) is 4.82. The molecule has 3 rings (SSSR count). The summed E-state index contributed by atoms with van der Waals surface area (Å²) < 4.78 is 38.4. The maximum Gasteiger partial charge on any atom is 0.343 e. The molecule has 2 aromatic carbocycles. The van der Waals surface area contributed by atoms with E-state index in [1.807, 2.05) is 12.1 Å². The zero-order chi connectivity index (χ0) is 26.5. The molecule has 0 N–H and O–H groups in total. The zero-order valence-corrected chi connectivity index (χ0v) is 22.7. The predicted molar refractivity (Wildman–Crippen MR) is 146 cm³/mol. The Hall–Kier alpha value is -2.64. The number of hydrogen-bond acceptors (Lipinski definition) is 6. The SMILES string of the molecule is C=CS(=O)(=O)OCCCCCCOc1ccc(C(=O)Oc2ccc(C3CCC(CCC)CC3)cc2)cc1. The van der Waals surface area contributed by atoms with Crippen LogP contribution < -0.4 is 9.47 Å². The second-order valence-electron chi connectivity index (χ2n) is 9.73. The molecule has 0 radical (unpaired) electrons. The average Bonchev–Trinajstić information content (AvgIpc) is 2.91. The average molecular weight is 529 g/mol. The molecule has 1 aliphatic carbocycles. The normalized spacial score (nSPS) is 17.8. The van der Waals surface area contributed by atoms with Crippen molar-refractivity contribution in [2.45, 2.75) is 77.0 Å². The first-order valence-electron chi connectivity index (χ1n) is 13.5. The lowest BCUT2D eigenvalue weighted by atomic mass is 9.77. The van der Waals surface area contributed by atoms with E-state index in [9.17, 15) is 13.2 Å². The van der Waals surface area contributed by atoms with Gasteiger partial charge in [0.1, 0.15) is 11.5 Å². The molecule has 0 unspecified atom stereocenters. The lowest BCUT2D eigenvalue weighted by molar-refractivity contribution is 0.0734. The molecule has 0 heterocycles. The number of esters is 1. The van der Waals surface area contributed by atoms with Gasteiger partial charge < -0.3 is 9.47 Å². The van der Waals surface area contributed by atoms with Gasteiger partial charge in [-0.25, -0.2) is 4.79 Å². The molecule has 0 saturated heterocycles. The van der Waals surface area contributed by atoms with Crippen LogP contribution in [0.5, 0.6) is 11.5 Å². The Morgan fingerprint density at radius 2 is 1.51 bits per heavy atom. The molecule has 202 valence electrons. The largest absolute Gasteiger partial charge is 0.494 e. The van der Waals surface area contributed by atoms with Crippen LogP contribution in [-0.2, 0) is 14.3 Å². The minimum absolute atomic E-state index is 0.164. The minimum atomic E-state index is -3.58. The second-order valence-corrected chi connectivity index (χ2v) is 11.3. The summed E-state index contributed by atoms with van der Waals surface area (Å²) in [4.78, 5) is 12.6. The van der Waals surface area contributed by atoms with Crippen molar-refractivity contribution in [1.29, 1.82) is 0 Å². The van der Waals surface area contributed by atoms with Gasteiger partial charge in [-0.15, -0.1) is 0 Å². The number of carbonyl (C=O) groups is 1. The molecular formula is C30H40O6S. The van der Waals surface area contributed by atoms with Gasteiger partial charge in [-0.2, -0.15) is 8.42 Å². The molecule has 6 nitrogen and oxygen atoms in total. The van der Waals surface area contributed by atoms with Crippen LogP contribution in [0.3, 0.4) is 0 Å². The summed E-state index contributed by atoms with van der Waals surface area (Å²) in [6, 6.07) is 14.9. The molecule has 0 spiro atoms. The number of ether oxygens (including phenoxy) is 2. The number of benzene rings is 2. The van der Waals surface area contributed by atoms with Crippen LogP contribution in [0.1, 0.15) is 93.0 Å². The minimum Gasteiger partial charge on any atom is -0.494 e. The van der Waals surface area contributed by atoms with Gasteiger partial charge in [0.05, 0.1) is 24.2 Å². The number of unbranched alkanes of at least 4 members (excludes halogenated alkanes) is 3. The van der Waals surface area contributed by atoms with E-state index < -0.39 is 10.1 Å². The smallest absolute Gasteiger partial charge is 0.343 e. The van der Waals surface area contributed by atoms with Gasteiger partial charge in [-0.3, -0.25) is 4.18 Å². The molecule has 1 fully saturated rings. The highest BCUT2D eigenvalue weighted by molar-refractivity contribution is 7.89. The van der Waals surface area contributed by atoms with Crippen molar-refractivity contribution < 1.29 is 26.9 Å². The van der Waals surface area contributed by atoms with Crippen molar-refractivity contribution in [2.75, 3.05) is 13.2 Å². The topological polar surface area (TPSA) is 78.9 Å². The first-order valence-corrected chi connectivity index (χ1v) is 14.9. The van der Waals surface area contributed by atoms with Crippen molar-refractivity contribution in [3.63, 3.8) is 0 Å². The third-order valence-corrected chi connectivity index (χ3v) is 7.86. The first-order chi connectivity index (χ1) is 17.9. The van der Waals surface area contributed by atoms with Gasteiger partial charge in [0.25, 0.3) is 10.1 Å². The van der Waals surface area contributed by atoms with E-state index in [0.29, 0.717) is 36.0 Å². The summed E-state index contributed by atoms with van der Waals surface area (Å²) in [5.74, 6) is 2.36. The van der Waals surface area contributed by atoms with Crippen LogP contribution in [0, 0.1) is 5.92 Å². The van der Waals surface area contributed by atoms with Crippen LogP contribution in [-0.4, -0.2) is 27.6 Å². The van der Waals surface area contributed by atoms with Crippen molar-refractivity contribution in [3.05, 3.63) is 71.6 Å². The lowest BCUT2D eigenvalue weighted by Gasteiger charge is -2.28. The second kappa shape index (κ2) is 14.9. The molecule has 0 bridgehead atoms. The summed E-state index contributed by atoms with van der Waals surface area (Å²) in [6.45, 7) is 6.18. The Kier molecular flexibility index (Phi) is 11.7. The van der Waals surface area contributed by atoms with Crippen molar-refractivity contribution in [2.24, 2.45) is 5.92 Å². The quantitative estimate of drug-likeness (QED) is 0.104. The predicted octanol–water partition coefficient (Wildman–Crippen LogP) is 7.41. The van der Waals surface area contributed by atoms with Gasteiger partial charge in [-0.1, -0.05) is 44.9 Å². The van der Waals surface area contributed by atoms with Crippen LogP contribution >= 0.6 is 0 Å². The first kappa shape index (κ1) is 28.9. The molecule has 0 aromatic heterocycles.